The number of hydrogen-bond donors (Lipinski definition) is 0. The van der Waals surface area contributed by atoms with Crippen molar-refractivity contribution < 1.29 is 9.13 Å². The van der Waals surface area contributed by atoms with Crippen LogP contribution in [0.5, 0.6) is 5.75 Å². The quantitative estimate of drug-likeness (QED) is 0.643. The lowest BCUT2D eigenvalue weighted by Crippen LogP contribution is -2.02. The summed E-state index contributed by atoms with van der Waals surface area (Å²) in [5.41, 5.74) is 0.773. The van der Waals surface area contributed by atoms with Crippen molar-refractivity contribution in [1.29, 1.82) is 5.26 Å². The Labute approximate surface area is 139 Å². The molecule has 2 aromatic carbocycles. The molecule has 0 saturated carbocycles. The van der Waals surface area contributed by atoms with Gasteiger partial charge in [-0.2, -0.15) is 5.26 Å². The minimum atomic E-state index is -0.304. The number of hydrogen-bond acceptors (Lipinski definition) is 2. The minimum Gasteiger partial charge on any atom is -0.494 e. The number of nitriles is 1. The average molecular weight is 338 g/mol. The monoisotopic (exact) mass is 337 g/mol. The van der Waals surface area contributed by atoms with Crippen LogP contribution in [0.2, 0.25) is 10.0 Å². The molecule has 2 aromatic rings. The summed E-state index contributed by atoms with van der Waals surface area (Å²) in [5, 5.41) is 10.3. The Bertz CT molecular complexity index is 667. The van der Waals surface area contributed by atoms with Gasteiger partial charge in [0.2, 0.25) is 0 Å². The van der Waals surface area contributed by atoms with Crippen molar-refractivity contribution in [3.8, 4) is 11.8 Å². The van der Waals surface area contributed by atoms with Crippen molar-refractivity contribution >= 4 is 23.2 Å². The summed E-state index contributed by atoms with van der Waals surface area (Å²) >= 11 is 12.0. The molecule has 0 radical (unpaired) electrons. The highest BCUT2D eigenvalue weighted by molar-refractivity contribution is 6.35. The molecule has 0 heterocycles. The van der Waals surface area contributed by atoms with Crippen molar-refractivity contribution in [3.05, 3.63) is 63.9 Å². The third-order valence-electron chi connectivity index (χ3n) is 3.21. The summed E-state index contributed by atoms with van der Waals surface area (Å²) in [6.45, 7) is 0.453. The molecule has 0 N–H and O–H groups in total. The van der Waals surface area contributed by atoms with E-state index in [4.69, 9.17) is 27.9 Å². The van der Waals surface area contributed by atoms with Gasteiger partial charge >= 0.3 is 0 Å². The Balaban J connectivity index is 1.86. The van der Waals surface area contributed by atoms with E-state index in [1.807, 2.05) is 0 Å². The van der Waals surface area contributed by atoms with E-state index in [1.165, 1.54) is 12.1 Å². The average Bonchev–Trinajstić information content (AvgIpc) is 2.50. The summed E-state index contributed by atoms with van der Waals surface area (Å²) in [6.07, 6.45) is 1.31. The summed E-state index contributed by atoms with van der Waals surface area (Å²) in [6, 6.07) is 13.2. The molecule has 114 valence electrons. The first-order valence-corrected chi connectivity index (χ1v) is 7.58. The van der Waals surface area contributed by atoms with E-state index in [2.05, 4.69) is 6.07 Å². The van der Waals surface area contributed by atoms with Gasteiger partial charge in [-0.25, -0.2) is 4.39 Å². The Hall–Kier alpha value is -1.76. The molecule has 0 amide bonds. The van der Waals surface area contributed by atoms with Gasteiger partial charge in [-0.3, -0.25) is 0 Å². The Kier molecular flexibility index (Phi) is 6.06. The zero-order valence-electron chi connectivity index (χ0n) is 11.7. The van der Waals surface area contributed by atoms with Gasteiger partial charge in [-0.15, -0.1) is 0 Å². The second-order valence-corrected chi connectivity index (χ2v) is 5.64. The van der Waals surface area contributed by atoms with Gasteiger partial charge in [0.05, 0.1) is 18.6 Å². The zero-order chi connectivity index (χ0) is 15.9. The fourth-order valence-corrected chi connectivity index (χ4v) is 2.62. The molecule has 22 heavy (non-hydrogen) atoms. The molecule has 2 rings (SSSR count). The topological polar surface area (TPSA) is 33.0 Å². The molecule has 0 unspecified atom stereocenters. The Morgan fingerprint density at radius 2 is 1.86 bits per heavy atom. The summed E-state index contributed by atoms with van der Waals surface area (Å²) in [4.78, 5) is 0. The SMILES string of the molecule is N#C[C@@H](CCCOc1ccc(F)cc1)c1ccc(Cl)cc1Cl. The van der Waals surface area contributed by atoms with E-state index in [0.717, 1.165) is 5.56 Å². The van der Waals surface area contributed by atoms with Crippen molar-refractivity contribution in [1.82, 2.24) is 0 Å². The maximum atomic E-state index is 12.8. The number of nitrogens with zero attached hydrogens (tertiary/aromatic N) is 1. The molecule has 0 fully saturated rings. The number of rotatable bonds is 6. The van der Waals surface area contributed by atoms with E-state index in [9.17, 15) is 9.65 Å². The van der Waals surface area contributed by atoms with E-state index < -0.39 is 0 Å². The largest absolute Gasteiger partial charge is 0.494 e. The van der Waals surface area contributed by atoms with Crippen LogP contribution in [0, 0.1) is 17.1 Å². The van der Waals surface area contributed by atoms with Crippen LogP contribution in [0.1, 0.15) is 24.3 Å². The van der Waals surface area contributed by atoms with E-state index in [-0.39, 0.29) is 11.7 Å². The van der Waals surface area contributed by atoms with Crippen LogP contribution in [0.4, 0.5) is 4.39 Å². The molecule has 2 nitrogen and oxygen atoms in total. The van der Waals surface area contributed by atoms with Gasteiger partial charge in [0, 0.05) is 10.0 Å². The molecular formula is C17H14Cl2FNO. The number of benzene rings is 2. The predicted molar refractivity (Wildman–Crippen MR) is 85.9 cm³/mol. The Morgan fingerprint density at radius 1 is 1.14 bits per heavy atom. The van der Waals surface area contributed by atoms with Crippen molar-refractivity contribution in [3.63, 3.8) is 0 Å². The number of halogens is 3. The van der Waals surface area contributed by atoms with Gasteiger partial charge in [-0.1, -0.05) is 29.3 Å². The van der Waals surface area contributed by atoms with Crippen LogP contribution < -0.4 is 4.74 Å². The molecule has 0 aliphatic rings. The van der Waals surface area contributed by atoms with Crippen molar-refractivity contribution in [2.24, 2.45) is 0 Å². The van der Waals surface area contributed by atoms with E-state index >= 15 is 0 Å². The zero-order valence-corrected chi connectivity index (χ0v) is 13.2. The first-order chi connectivity index (χ1) is 10.6. The lowest BCUT2D eigenvalue weighted by atomic mass is 9.96. The highest BCUT2D eigenvalue weighted by Gasteiger charge is 2.14. The fourth-order valence-electron chi connectivity index (χ4n) is 2.08. The second-order valence-electron chi connectivity index (χ2n) is 4.79. The van der Waals surface area contributed by atoms with Gasteiger partial charge in [0.15, 0.2) is 0 Å². The van der Waals surface area contributed by atoms with Gasteiger partial charge < -0.3 is 4.74 Å². The van der Waals surface area contributed by atoms with Crippen LogP contribution in [-0.4, -0.2) is 6.61 Å². The third-order valence-corrected chi connectivity index (χ3v) is 3.78. The smallest absolute Gasteiger partial charge is 0.123 e. The number of ether oxygens (including phenoxy) is 1. The third kappa shape index (κ3) is 4.62. The van der Waals surface area contributed by atoms with Crippen LogP contribution in [0.3, 0.4) is 0 Å². The molecule has 1 atom stereocenters. The van der Waals surface area contributed by atoms with Crippen LogP contribution >= 0.6 is 23.2 Å². The molecule has 0 aliphatic heterocycles. The van der Waals surface area contributed by atoms with Crippen molar-refractivity contribution in [2.45, 2.75) is 18.8 Å². The van der Waals surface area contributed by atoms with Gasteiger partial charge in [-0.05, 0) is 54.8 Å². The maximum absolute atomic E-state index is 12.8. The van der Waals surface area contributed by atoms with Crippen LogP contribution in [-0.2, 0) is 0 Å². The highest BCUT2D eigenvalue weighted by Crippen LogP contribution is 2.30. The summed E-state index contributed by atoms with van der Waals surface area (Å²) < 4.78 is 18.3. The highest BCUT2D eigenvalue weighted by atomic mass is 35.5. The molecule has 0 bridgehead atoms. The van der Waals surface area contributed by atoms with Crippen LogP contribution in [0.25, 0.3) is 0 Å². The van der Waals surface area contributed by atoms with Gasteiger partial charge in [0.1, 0.15) is 11.6 Å². The molecule has 0 aromatic heterocycles. The first kappa shape index (κ1) is 16.6. The van der Waals surface area contributed by atoms with E-state index in [1.54, 1.807) is 30.3 Å². The molecule has 5 heteroatoms. The maximum Gasteiger partial charge on any atom is 0.123 e. The van der Waals surface area contributed by atoms with Crippen molar-refractivity contribution in [2.75, 3.05) is 6.61 Å². The second kappa shape index (κ2) is 8.03. The molecule has 0 spiro atoms. The fraction of sp³-hybridized carbons (Fsp3) is 0.235. The summed E-state index contributed by atoms with van der Waals surface area (Å²) in [5.74, 6) is 0.00953. The standard InChI is InChI=1S/C17H14Cl2FNO/c18-13-3-8-16(17(19)10-13)12(11-21)2-1-9-22-15-6-4-14(20)5-7-15/h3-8,10,12H,1-2,9H2/t12-/m1/s1. The lowest BCUT2D eigenvalue weighted by Gasteiger charge is -2.12. The molecule has 0 aliphatic carbocycles. The van der Waals surface area contributed by atoms with Gasteiger partial charge in [0.25, 0.3) is 0 Å². The lowest BCUT2D eigenvalue weighted by molar-refractivity contribution is 0.304. The predicted octanol–water partition coefficient (Wildman–Crippen LogP) is 5.60. The first-order valence-electron chi connectivity index (χ1n) is 6.83. The molecular weight excluding hydrogens is 324 g/mol. The Morgan fingerprint density at radius 3 is 2.50 bits per heavy atom. The summed E-state index contributed by atoms with van der Waals surface area (Å²) in [7, 11) is 0. The minimum absolute atomic E-state index is 0.297. The normalized spacial score (nSPS) is 11.7. The molecule has 0 saturated heterocycles. The van der Waals surface area contributed by atoms with E-state index in [0.29, 0.717) is 35.2 Å². The van der Waals surface area contributed by atoms with Crippen LogP contribution in [0.15, 0.2) is 42.5 Å².